The van der Waals surface area contributed by atoms with Crippen LogP contribution in [0.1, 0.15) is 13.8 Å². The van der Waals surface area contributed by atoms with Crippen LogP contribution in [0.25, 0.3) is 0 Å². The minimum Gasteiger partial charge on any atom is -0.299 e. The van der Waals surface area contributed by atoms with Gasteiger partial charge in [0.05, 0.1) is 13.2 Å². The van der Waals surface area contributed by atoms with Gasteiger partial charge in [-0.15, -0.1) is 13.2 Å². The van der Waals surface area contributed by atoms with Crippen molar-refractivity contribution in [2.75, 3.05) is 13.2 Å². The molecule has 0 saturated heterocycles. The van der Waals surface area contributed by atoms with Crippen molar-refractivity contribution in [3.8, 4) is 0 Å². The predicted octanol–water partition coefficient (Wildman–Crippen LogP) is 2.77. The summed E-state index contributed by atoms with van der Waals surface area (Å²) >= 11 is 0. The van der Waals surface area contributed by atoms with Gasteiger partial charge in [-0.25, -0.2) is 0 Å². The van der Waals surface area contributed by atoms with E-state index in [1.165, 1.54) is 12.2 Å². The van der Waals surface area contributed by atoms with Crippen molar-refractivity contribution in [2.24, 2.45) is 5.92 Å². The van der Waals surface area contributed by atoms with Gasteiger partial charge in [0.15, 0.2) is 0 Å². The van der Waals surface area contributed by atoms with Crippen LogP contribution < -0.4 is 0 Å². The van der Waals surface area contributed by atoms with Gasteiger partial charge < -0.3 is 0 Å². The summed E-state index contributed by atoms with van der Waals surface area (Å²) in [6.45, 7) is 10.2. The van der Waals surface area contributed by atoms with Crippen LogP contribution in [0.15, 0.2) is 25.3 Å². The van der Waals surface area contributed by atoms with Crippen molar-refractivity contribution in [1.82, 2.24) is 0 Å². The van der Waals surface area contributed by atoms with E-state index in [-0.39, 0.29) is 13.2 Å². The molecule has 0 aliphatic carbocycles. The molecule has 15 heavy (non-hydrogen) atoms. The Morgan fingerprint density at radius 3 is 1.93 bits per heavy atom. The largest absolute Gasteiger partial charge is 0.397 e. The first-order valence-corrected chi connectivity index (χ1v) is 6.17. The Bertz CT molecular complexity index is 267. The third-order valence-corrected chi connectivity index (χ3v) is 3.52. The van der Waals surface area contributed by atoms with Crippen LogP contribution in [-0.2, 0) is 18.4 Å². The molecular weight excluding hydrogens is 215 g/mol. The molecule has 0 aromatic carbocycles. The van der Waals surface area contributed by atoms with Crippen molar-refractivity contribution in [2.45, 2.75) is 13.8 Å². The normalized spacial score (nSPS) is 11.4. The van der Waals surface area contributed by atoms with Crippen molar-refractivity contribution in [3.63, 3.8) is 0 Å². The third kappa shape index (κ3) is 4.56. The lowest BCUT2D eigenvalue weighted by Gasteiger charge is -2.17. The predicted molar refractivity (Wildman–Crippen MR) is 59.7 cm³/mol. The van der Waals surface area contributed by atoms with Gasteiger partial charge in [0.1, 0.15) is 0 Å². The maximum absolute atomic E-state index is 12.0. The molecule has 0 aromatic rings. The number of hydrogen-bond acceptors (Lipinski definition) is 4. The molecule has 0 N–H and O–H groups in total. The van der Waals surface area contributed by atoms with E-state index in [2.05, 4.69) is 13.2 Å². The zero-order valence-corrected chi connectivity index (χ0v) is 10.0. The zero-order valence-electron chi connectivity index (χ0n) is 9.14. The number of carbonyl (C=O) groups excluding carboxylic acids is 1. The molecule has 0 aromatic heterocycles. The summed E-state index contributed by atoms with van der Waals surface area (Å²) in [5, 5.41) is 0. The topological polar surface area (TPSA) is 52.6 Å². The third-order valence-electron chi connectivity index (χ3n) is 1.49. The summed E-state index contributed by atoms with van der Waals surface area (Å²) in [4.78, 5) is 11.6. The van der Waals surface area contributed by atoms with Crippen LogP contribution in [0.5, 0.6) is 0 Å². The van der Waals surface area contributed by atoms with Gasteiger partial charge in [-0.1, -0.05) is 26.0 Å². The maximum atomic E-state index is 12.0. The fourth-order valence-corrected chi connectivity index (χ4v) is 2.35. The van der Waals surface area contributed by atoms with E-state index >= 15 is 0 Å². The molecule has 0 aliphatic rings. The van der Waals surface area contributed by atoms with Gasteiger partial charge in [-0.05, 0) is 0 Å². The molecule has 4 nitrogen and oxygen atoms in total. The SMILES string of the molecule is C=CCOP(=O)(OCC=C)C(=O)C(C)C. The average Bonchev–Trinajstić information content (AvgIpc) is 2.22. The minimum absolute atomic E-state index is 0.0207. The Kier molecular flexibility index (Phi) is 6.41. The second-order valence-electron chi connectivity index (χ2n) is 3.16. The minimum atomic E-state index is -3.68. The first-order chi connectivity index (χ1) is 6.98. The lowest BCUT2D eigenvalue weighted by atomic mass is 10.3. The monoisotopic (exact) mass is 232 g/mol. The van der Waals surface area contributed by atoms with E-state index < -0.39 is 19.0 Å². The van der Waals surface area contributed by atoms with E-state index in [0.717, 1.165) is 0 Å². The number of carbonyl (C=O) groups is 1. The highest BCUT2D eigenvalue weighted by Gasteiger charge is 2.35. The fourth-order valence-electron chi connectivity index (χ4n) is 0.782. The Balaban J connectivity index is 4.67. The van der Waals surface area contributed by atoms with Gasteiger partial charge in [0, 0.05) is 5.92 Å². The molecule has 0 atom stereocenters. The number of rotatable bonds is 8. The molecule has 0 spiro atoms. The molecule has 0 radical (unpaired) electrons. The van der Waals surface area contributed by atoms with Crippen LogP contribution in [0.4, 0.5) is 0 Å². The second kappa shape index (κ2) is 6.72. The van der Waals surface area contributed by atoms with Crippen molar-refractivity contribution >= 4 is 13.1 Å². The highest BCUT2D eigenvalue weighted by molar-refractivity contribution is 7.71. The van der Waals surface area contributed by atoms with Gasteiger partial charge >= 0.3 is 7.60 Å². The summed E-state index contributed by atoms with van der Waals surface area (Å²) in [6.07, 6.45) is 2.83. The lowest BCUT2D eigenvalue weighted by Crippen LogP contribution is -2.12. The summed E-state index contributed by atoms with van der Waals surface area (Å²) in [7, 11) is -3.68. The van der Waals surface area contributed by atoms with Crippen molar-refractivity contribution < 1.29 is 18.4 Å². The average molecular weight is 232 g/mol. The first kappa shape index (κ1) is 14.3. The van der Waals surface area contributed by atoms with Gasteiger partial charge in [0.2, 0.25) is 5.52 Å². The fraction of sp³-hybridized carbons (Fsp3) is 0.500. The van der Waals surface area contributed by atoms with Gasteiger partial charge in [0.25, 0.3) is 0 Å². The van der Waals surface area contributed by atoms with Crippen LogP contribution >= 0.6 is 7.60 Å². The van der Waals surface area contributed by atoms with Gasteiger partial charge in [-0.3, -0.25) is 18.4 Å². The molecule has 0 aliphatic heterocycles. The second-order valence-corrected chi connectivity index (χ2v) is 5.11. The van der Waals surface area contributed by atoms with Crippen molar-refractivity contribution in [1.29, 1.82) is 0 Å². The quantitative estimate of drug-likeness (QED) is 0.477. The summed E-state index contributed by atoms with van der Waals surface area (Å²) in [6, 6.07) is 0. The summed E-state index contributed by atoms with van der Waals surface area (Å²) in [5.41, 5.74) is -0.522. The van der Waals surface area contributed by atoms with Crippen LogP contribution in [0, 0.1) is 5.92 Å². The molecule has 86 valence electrons. The van der Waals surface area contributed by atoms with E-state index in [0.29, 0.717) is 0 Å². The maximum Gasteiger partial charge on any atom is 0.397 e. The Morgan fingerprint density at radius 1 is 1.27 bits per heavy atom. The molecule has 0 bridgehead atoms. The Morgan fingerprint density at radius 2 is 1.67 bits per heavy atom. The molecule has 0 unspecified atom stereocenters. The van der Waals surface area contributed by atoms with Crippen LogP contribution in [0.3, 0.4) is 0 Å². The molecule has 5 heteroatoms. The number of hydrogen-bond donors (Lipinski definition) is 0. The smallest absolute Gasteiger partial charge is 0.299 e. The highest BCUT2D eigenvalue weighted by Crippen LogP contribution is 2.50. The molecule has 0 amide bonds. The molecule has 0 fully saturated rings. The lowest BCUT2D eigenvalue weighted by molar-refractivity contribution is -0.116. The molecular formula is C10H17O4P. The Hall–Kier alpha value is -0.700. The van der Waals surface area contributed by atoms with E-state index in [9.17, 15) is 9.36 Å². The van der Waals surface area contributed by atoms with E-state index in [1.807, 2.05) is 0 Å². The highest BCUT2D eigenvalue weighted by atomic mass is 31.2. The summed E-state index contributed by atoms with van der Waals surface area (Å²) in [5.74, 6) is -0.398. The van der Waals surface area contributed by atoms with E-state index in [1.54, 1.807) is 13.8 Å². The first-order valence-electron chi connectivity index (χ1n) is 4.63. The van der Waals surface area contributed by atoms with Crippen LogP contribution in [-0.4, -0.2) is 18.7 Å². The van der Waals surface area contributed by atoms with E-state index in [4.69, 9.17) is 9.05 Å². The Labute approximate surface area is 90.5 Å². The van der Waals surface area contributed by atoms with Crippen LogP contribution in [0.2, 0.25) is 0 Å². The van der Waals surface area contributed by atoms with Gasteiger partial charge in [-0.2, -0.15) is 0 Å². The molecule has 0 saturated carbocycles. The zero-order chi connectivity index (χ0) is 11.9. The standard InChI is InChI=1S/C10H17O4P/c1-5-7-13-15(12,14-8-6-2)10(11)9(3)4/h5-6,9H,1-2,7-8H2,3-4H3. The molecule has 0 rings (SSSR count). The van der Waals surface area contributed by atoms with Crippen molar-refractivity contribution in [3.05, 3.63) is 25.3 Å². The molecule has 0 heterocycles. The summed E-state index contributed by atoms with van der Waals surface area (Å²) < 4.78 is 21.8.